The third-order valence-electron chi connectivity index (χ3n) is 5.61. The number of aromatic nitrogens is 2. The minimum Gasteiger partial charge on any atom is -0.465 e. The van der Waals surface area contributed by atoms with Crippen LogP contribution in [0.3, 0.4) is 0 Å². The van der Waals surface area contributed by atoms with Crippen LogP contribution in [-0.4, -0.2) is 21.7 Å². The van der Waals surface area contributed by atoms with E-state index >= 15 is 0 Å². The summed E-state index contributed by atoms with van der Waals surface area (Å²) in [5, 5.41) is 0. The number of rotatable bonds is 12. The van der Waals surface area contributed by atoms with Crippen LogP contribution in [0.4, 0.5) is 4.39 Å². The molecular formula is C22H37FN2O4. The minimum absolute atomic E-state index is 0.134. The molecule has 0 amide bonds. The van der Waals surface area contributed by atoms with E-state index in [1.807, 2.05) is 6.92 Å². The van der Waals surface area contributed by atoms with E-state index < -0.39 is 22.5 Å². The zero-order chi connectivity index (χ0) is 22.2. The molecule has 1 rings (SSSR count). The number of unbranched alkanes of at least 4 members (excludes halogenated alkanes) is 3. The molecule has 0 saturated heterocycles. The lowest BCUT2D eigenvalue weighted by atomic mass is 9.73. The van der Waals surface area contributed by atoms with Gasteiger partial charge in [-0.2, -0.15) is 4.39 Å². The van der Waals surface area contributed by atoms with Gasteiger partial charge in [-0.05, 0) is 51.4 Å². The number of carbonyl (C=O) groups is 1. The number of carbonyl (C=O) groups excluding carboxylic acids is 1. The molecule has 0 aromatic carbocycles. The SMILES string of the molecule is CCn1c(=O)c(F)cn(CCCCCCOC(=O)C(C)(CC(C)C)C(C)C)c1=O. The zero-order valence-corrected chi connectivity index (χ0v) is 18.8. The van der Waals surface area contributed by atoms with Crippen molar-refractivity contribution >= 4 is 5.97 Å². The van der Waals surface area contributed by atoms with Crippen LogP contribution in [-0.2, 0) is 22.6 Å². The molecule has 0 bridgehead atoms. The smallest absolute Gasteiger partial charge is 0.331 e. The predicted molar refractivity (Wildman–Crippen MR) is 112 cm³/mol. The van der Waals surface area contributed by atoms with Crippen molar-refractivity contribution in [2.75, 3.05) is 6.61 Å². The van der Waals surface area contributed by atoms with Gasteiger partial charge in [0.05, 0.1) is 18.2 Å². The Hall–Kier alpha value is -1.92. The number of aryl methyl sites for hydroxylation is 1. The van der Waals surface area contributed by atoms with Gasteiger partial charge in [0, 0.05) is 13.1 Å². The number of hydrogen-bond acceptors (Lipinski definition) is 4. The Kier molecular flexibility index (Phi) is 9.80. The Morgan fingerprint density at radius 2 is 1.76 bits per heavy atom. The molecule has 0 saturated carbocycles. The lowest BCUT2D eigenvalue weighted by Crippen LogP contribution is -2.40. The number of halogens is 1. The Balaban J connectivity index is 2.42. The van der Waals surface area contributed by atoms with E-state index in [0.717, 1.165) is 36.4 Å². The van der Waals surface area contributed by atoms with Crippen LogP contribution >= 0.6 is 0 Å². The fraction of sp³-hybridized carbons (Fsp3) is 0.773. The van der Waals surface area contributed by atoms with Gasteiger partial charge < -0.3 is 4.74 Å². The maximum absolute atomic E-state index is 13.6. The zero-order valence-electron chi connectivity index (χ0n) is 18.8. The van der Waals surface area contributed by atoms with E-state index in [1.165, 1.54) is 4.57 Å². The summed E-state index contributed by atoms with van der Waals surface area (Å²) in [7, 11) is 0. The van der Waals surface area contributed by atoms with Crippen molar-refractivity contribution in [1.29, 1.82) is 0 Å². The molecule has 1 heterocycles. The number of hydrogen-bond donors (Lipinski definition) is 0. The van der Waals surface area contributed by atoms with Gasteiger partial charge in [0.1, 0.15) is 0 Å². The van der Waals surface area contributed by atoms with Gasteiger partial charge in [0.15, 0.2) is 0 Å². The lowest BCUT2D eigenvalue weighted by Gasteiger charge is -2.32. The number of ether oxygens (including phenoxy) is 1. The van der Waals surface area contributed by atoms with E-state index in [1.54, 1.807) is 6.92 Å². The summed E-state index contributed by atoms with van der Waals surface area (Å²) in [6.45, 7) is 12.8. The number of nitrogens with zero attached hydrogens (tertiary/aromatic N) is 2. The predicted octanol–water partition coefficient (Wildman–Crippen LogP) is 3.98. The normalized spacial score (nSPS) is 13.7. The standard InChI is InChI=1S/C22H37FN2O4/c1-7-25-19(26)18(23)15-24(21(25)28)12-10-8-9-11-13-29-20(27)22(6,17(4)5)14-16(2)3/h15-17H,7-14H2,1-6H3. The second kappa shape index (κ2) is 11.3. The molecular weight excluding hydrogens is 375 g/mol. The summed E-state index contributed by atoms with van der Waals surface area (Å²) in [5.41, 5.74) is -1.82. The highest BCUT2D eigenvalue weighted by molar-refractivity contribution is 5.76. The summed E-state index contributed by atoms with van der Waals surface area (Å²) in [6.07, 6.45) is 4.89. The molecule has 0 N–H and O–H groups in total. The summed E-state index contributed by atoms with van der Waals surface area (Å²) >= 11 is 0. The van der Waals surface area contributed by atoms with Gasteiger partial charge >= 0.3 is 11.7 Å². The molecule has 0 radical (unpaired) electrons. The Morgan fingerprint density at radius 3 is 2.31 bits per heavy atom. The Labute approximate surface area is 173 Å². The molecule has 0 aliphatic rings. The monoisotopic (exact) mass is 412 g/mol. The summed E-state index contributed by atoms with van der Waals surface area (Å²) in [6, 6.07) is 0. The van der Waals surface area contributed by atoms with E-state index in [0.29, 0.717) is 25.5 Å². The van der Waals surface area contributed by atoms with Crippen molar-refractivity contribution in [3.8, 4) is 0 Å². The topological polar surface area (TPSA) is 70.3 Å². The van der Waals surface area contributed by atoms with Gasteiger partial charge in [0.25, 0.3) is 5.56 Å². The van der Waals surface area contributed by atoms with E-state index in [4.69, 9.17) is 4.74 Å². The quantitative estimate of drug-likeness (QED) is 0.385. The molecule has 1 atom stereocenters. The average molecular weight is 413 g/mol. The first-order valence-electron chi connectivity index (χ1n) is 10.7. The summed E-state index contributed by atoms with van der Waals surface area (Å²) in [4.78, 5) is 36.3. The van der Waals surface area contributed by atoms with Crippen molar-refractivity contribution < 1.29 is 13.9 Å². The van der Waals surface area contributed by atoms with Crippen LogP contribution in [0, 0.1) is 23.1 Å². The molecule has 1 aromatic rings. The van der Waals surface area contributed by atoms with Gasteiger partial charge in [0.2, 0.25) is 5.82 Å². The molecule has 166 valence electrons. The highest BCUT2D eigenvalue weighted by atomic mass is 19.1. The van der Waals surface area contributed by atoms with Crippen LogP contribution < -0.4 is 11.2 Å². The first-order valence-corrected chi connectivity index (χ1v) is 10.7. The van der Waals surface area contributed by atoms with Crippen LogP contribution in [0.15, 0.2) is 15.8 Å². The Morgan fingerprint density at radius 1 is 1.14 bits per heavy atom. The van der Waals surface area contributed by atoms with Crippen LogP contribution in [0.2, 0.25) is 0 Å². The fourth-order valence-corrected chi connectivity index (χ4v) is 3.53. The van der Waals surface area contributed by atoms with Crippen molar-refractivity contribution in [2.24, 2.45) is 17.3 Å². The largest absolute Gasteiger partial charge is 0.465 e. The second-order valence-corrected chi connectivity index (χ2v) is 8.72. The van der Waals surface area contributed by atoms with Gasteiger partial charge in [-0.15, -0.1) is 0 Å². The molecule has 0 fully saturated rings. The molecule has 0 aliphatic heterocycles. The molecule has 1 unspecified atom stereocenters. The molecule has 0 spiro atoms. The lowest BCUT2D eigenvalue weighted by molar-refractivity contribution is -0.159. The summed E-state index contributed by atoms with van der Waals surface area (Å²) in [5.74, 6) is -0.411. The molecule has 6 nitrogen and oxygen atoms in total. The van der Waals surface area contributed by atoms with Crippen LogP contribution in [0.25, 0.3) is 0 Å². The first kappa shape index (κ1) is 25.1. The highest BCUT2D eigenvalue weighted by Gasteiger charge is 2.38. The third-order valence-corrected chi connectivity index (χ3v) is 5.61. The fourth-order valence-electron chi connectivity index (χ4n) is 3.53. The maximum atomic E-state index is 13.6. The van der Waals surface area contributed by atoms with Crippen LogP contribution in [0.5, 0.6) is 0 Å². The van der Waals surface area contributed by atoms with E-state index in [-0.39, 0.29) is 18.4 Å². The van der Waals surface area contributed by atoms with E-state index in [2.05, 4.69) is 27.7 Å². The van der Waals surface area contributed by atoms with Crippen molar-refractivity contribution in [2.45, 2.75) is 86.7 Å². The van der Waals surface area contributed by atoms with Crippen molar-refractivity contribution in [3.05, 3.63) is 32.9 Å². The van der Waals surface area contributed by atoms with Crippen molar-refractivity contribution in [1.82, 2.24) is 9.13 Å². The maximum Gasteiger partial charge on any atom is 0.331 e. The number of esters is 1. The molecule has 1 aromatic heterocycles. The third kappa shape index (κ3) is 6.82. The van der Waals surface area contributed by atoms with Crippen molar-refractivity contribution in [3.63, 3.8) is 0 Å². The van der Waals surface area contributed by atoms with Gasteiger partial charge in [-0.1, -0.05) is 34.1 Å². The molecule has 7 heteroatoms. The second-order valence-electron chi connectivity index (χ2n) is 8.72. The molecule has 0 aliphatic carbocycles. The van der Waals surface area contributed by atoms with Gasteiger partial charge in [-0.3, -0.25) is 18.7 Å². The first-order chi connectivity index (χ1) is 13.5. The van der Waals surface area contributed by atoms with E-state index in [9.17, 15) is 18.8 Å². The Bertz CT molecular complexity index is 782. The van der Waals surface area contributed by atoms with Crippen LogP contribution in [0.1, 0.15) is 73.6 Å². The highest BCUT2D eigenvalue weighted by Crippen LogP contribution is 2.35. The minimum atomic E-state index is -0.909. The molecule has 29 heavy (non-hydrogen) atoms. The summed E-state index contributed by atoms with van der Waals surface area (Å²) < 4.78 is 21.3. The average Bonchev–Trinajstić information content (AvgIpc) is 2.64. The van der Waals surface area contributed by atoms with Gasteiger partial charge in [-0.25, -0.2) is 4.79 Å².